The molecule has 0 radical (unpaired) electrons. The molecule has 16 heavy (non-hydrogen) atoms. The quantitative estimate of drug-likeness (QED) is 0.835. The Balaban J connectivity index is 2.82. The second kappa shape index (κ2) is 5.34. The molecule has 0 fully saturated rings. The van der Waals surface area contributed by atoms with Crippen molar-refractivity contribution in [2.24, 2.45) is 5.73 Å². The van der Waals surface area contributed by atoms with Crippen LogP contribution in [0.3, 0.4) is 0 Å². The molecule has 1 aromatic rings. The van der Waals surface area contributed by atoms with Gasteiger partial charge in [0.05, 0.1) is 5.56 Å². The first-order valence-electron chi connectivity index (χ1n) is 5.38. The number of hydrogen-bond acceptors (Lipinski definition) is 1. The third kappa shape index (κ3) is 3.52. The first-order chi connectivity index (χ1) is 7.45. The lowest BCUT2D eigenvalue weighted by Gasteiger charge is -2.14. The third-order valence-electron chi connectivity index (χ3n) is 2.51. The summed E-state index contributed by atoms with van der Waals surface area (Å²) >= 11 is 0. The van der Waals surface area contributed by atoms with Gasteiger partial charge >= 0.3 is 6.18 Å². The summed E-state index contributed by atoms with van der Waals surface area (Å²) in [4.78, 5) is 0. The Kier molecular flexibility index (Phi) is 4.35. The Morgan fingerprint density at radius 2 is 2.00 bits per heavy atom. The average molecular weight is 231 g/mol. The molecule has 0 amide bonds. The van der Waals surface area contributed by atoms with Gasteiger partial charge < -0.3 is 5.73 Å². The van der Waals surface area contributed by atoms with E-state index in [9.17, 15) is 13.2 Å². The van der Waals surface area contributed by atoms with Crippen LogP contribution in [0.2, 0.25) is 0 Å². The molecular formula is C12H16F3N. The van der Waals surface area contributed by atoms with Gasteiger partial charge in [-0.05, 0) is 24.1 Å². The van der Waals surface area contributed by atoms with Crippen LogP contribution in [0.1, 0.15) is 43.4 Å². The summed E-state index contributed by atoms with van der Waals surface area (Å²) in [6.07, 6.45) is -1.65. The first kappa shape index (κ1) is 13.0. The SMILES string of the molecule is CCCC[C@@H](N)c1cccc(C(F)(F)F)c1. The highest BCUT2D eigenvalue weighted by molar-refractivity contribution is 5.27. The van der Waals surface area contributed by atoms with Crippen LogP contribution < -0.4 is 5.73 Å². The highest BCUT2D eigenvalue weighted by atomic mass is 19.4. The second-order valence-corrected chi connectivity index (χ2v) is 3.87. The van der Waals surface area contributed by atoms with Gasteiger partial charge in [0.1, 0.15) is 0 Å². The predicted molar refractivity (Wildman–Crippen MR) is 57.9 cm³/mol. The molecule has 4 heteroatoms. The van der Waals surface area contributed by atoms with Crippen molar-refractivity contribution in [2.75, 3.05) is 0 Å². The van der Waals surface area contributed by atoms with E-state index < -0.39 is 11.7 Å². The summed E-state index contributed by atoms with van der Waals surface area (Å²) in [7, 11) is 0. The minimum absolute atomic E-state index is 0.303. The molecule has 1 atom stereocenters. The Labute approximate surface area is 93.5 Å². The normalized spacial score (nSPS) is 13.8. The van der Waals surface area contributed by atoms with Gasteiger partial charge in [-0.1, -0.05) is 31.9 Å². The molecule has 0 aliphatic heterocycles. The van der Waals surface area contributed by atoms with Crippen molar-refractivity contribution in [3.63, 3.8) is 0 Å². The van der Waals surface area contributed by atoms with Gasteiger partial charge in [-0.25, -0.2) is 0 Å². The number of nitrogens with two attached hydrogens (primary N) is 1. The number of unbranched alkanes of at least 4 members (excludes halogenated alkanes) is 1. The van der Waals surface area contributed by atoms with E-state index in [-0.39, 0.29) is 6.04 Å². The van der Waals surface area contributed by atoms with Crippen molar-refractivity contribution < 1.29 is 13.2 Å². The van der Waals surface area contributed by atoms with Crippen LogP contribution in [0.5, 0.6) is 0 Å². The first-order valence-corrected chi connectivity index (χ1v) is 5.38. The summed E-state index contributed by atoms with van der Waals surface area (Å²) in [6.45, 7) is 2.03. The van der Waals surface area contributed by atoms with E-state index in [2.05, 4.69) is 0 Å². The Hall–Kier alpha value is -1.03. The summed E-state index contributed by atoms with van der Waals surface area (Å²) in [5.41, 5.74) is 5.76. The molecule has 1 nitrogen and oxygen atoms in total. The number of rotatable bonds is 4. The highest BCUT2D eigenvalue weighted by Crippen LogP contribution is 2.31. The van der Waals surface area contributed by atoms with Crippen LogP contribution in [0.25, 0.3) is 0 Å². The van der Waals surface area contributed by atoms with E-state index in [0.717, 1.165) is 31.4 Å². The van der Waals surface area contributed by atoms with Crippen molar-refractivity contribution in [1.82, 2.24) is 0 Å². The van der Waals surface area contributed by atoms with Crippen molar-refractivity contribution in [1.29, 1.82) is 0 Å². The molecule has 0 aliphatic carbocycles. The molecule has 0 aromatic heterocycles. The zero-order valence-corrected chi connectivity index (χ0v) is 9.22. The zero-order chi connectivity index (χ0) is 12.2. The number of halogens is 3. The van der Waals surface area contributed by atoms with Crippen molar-refractivity contribution in [2.45, 2.75) is 38.4 Å². The lowest BCUT2D eigenvalue weighted by Crippen LogP contribution is -2.12. The van der Waals surface area contributed by atoms with E-state index in [1.807, 2.05) is 6.92 Å². The Bertz CT molecular complexity index is 333. The fourth-order valence-corrected chi connectivity index (χ4v) is 1.54. The van der Waals surface area contributed by atoms with Gasteiger partial charge in [-0.3, -0.25) is 0 Å². The third-order valence-corrected chi connectivity index (χ3v) is 2.51. The van der Waals surface area contributed by atoms with E-state index >= 15 is 0 Å². The van der Waals surface area contributed by atoms with E-state index in [1.54, 1.807) is 6.07 Å². The van der Waals surface area contributed by atoms with Gasteiger partial charge in [0.2, 0.25) is 0 Å². The van der Waals surface area contributed by atoms with Crippen LogP contribution in [0.15, 0.2) is 24.3 Å². The van der Waals surface area contributed by atoms with Gasteiger partial charge in [0.25, 0.3) is 0 Å². The van der Waals surface area contributed by atoms with Crippen LogP contribution in [0, 0.1) is 0 Å². The van der Waals surface area contributed by atoms with E-state index in [4.69, 9.17) is 5.73 Å². The van der Waals surface area contributed by atoms with Gasteiger partial charge in [0, 0.05) is 6.04 Å². The predicted octanol–water partition coefficient (Wildman–Crippen LogP) is 3.90. The van der Waals surface area contributed by atoms with Crippen molar-refractivity contribution in [3.8, 4) is 0 Å². The molecule has 0 heterocycles. The minimum atomic E-state index is -4.29. The summed E-state index contributed by atoms with van der Waals surface area (Å²) < 4.78 is 37.3. The molecule has 0 spiro atoms. The van der Waals surface area contributed by atoms with Crippen molar-refractivity contribution >= 4 is 0 Å². The molecule has 1 rings (SSSR count). The summed E-state index contributed by atoms with van der Waals surface area (Å²) in [5.74, 6) is 0. The molecule has 1 aromatic carbocycles. The Morgan fingerprint density at radius 1 is 1.31 bits per heavy atom. The Morgan fingerprint density at radius 3 is 2.56 bits per heavy atom. The van der Waals surface area contributed by atoms with Gasteiger partial charge in [0.15, 0.2) is 0 Å². The number of alkyl halides is 3. The van der Waals surface area contributed by atoms with Crippen LogP contribution in [-0.2, 0) is 6.18 Å². The second-order valence-electron chi connectivity index (χ2n) is 3.87. The zero-order valence-electron chi connectivity index (χ0n) is 9.22. The van der Waals surface area contributed by atoms with Crippen LogP contribution >= 0.6 is 0 Å². The molecular weight excluding hydrogens is 215 g/mol. The largest absolute Gasteiger partial charge is 0.416 e. The smallest absolute Gasteiger partial charge is 0.324 e. The standard InChI is InChI=1S/C12H16F3N/c1-2-3-7-11(16)9-5-4-6-10(8-9)12(13,14)15/h4-6,8,11H,2-3,7,16H2,1H3/t11-/m1/s1. The molecule has 0 aliphatic rings. The lowest BCUT2D eigenvalue weighted by atomic mass is 10.00. The van der Waals surface area contributed by atoms with Crippen LogP contribution in [0.4, 0.5) is 13.2 Å². The summed E-state index contributed by atoms with van der Waals surface area (Å²) in [5, 5.41) is 0. The monoisotopic (exact) mass is 231 g/mol. The number of benzene rings is 1. The minimum Gasteiger partial charge on any atom is -0.324 e. The lowest BCUT2D eigenvalue weighted by molar-refractivity contribution is -0.137. The van der Waals surface area contributed by atoms with Crippen LogP contribution in [-0.4, -0.2) is 0 Å². The fourth-order valence-electron chi connectivity index (χ4n) is 1.54. The average Bonchev–Trinajstić information content (AvgIpc) is 2.25. The molecule has 0 saturated heterocycles. The number of hydrogen-bond donors (Lipinski definition) is 1. The summed E-state index contributed by atoms with van der Waals surface area (Å²) in [6, 6.07) is 4.96. The molecule has 0 bridgehead atoms. The maximum atomic E-state index is 12.4. The van der Waals surface area contributed by atoms with Crippen molar-refractivity contribution in [3.05, 3.63) is 35.4 Å². The highest BCUT2D eigenvalue weighted by Gasteiger charge is 2.30. The molecule has 0 unspecified atom stereocenters. The topological polar surface area (TPSA) is 26.0 Å². The molecule has 90 valence electrons. The fraction of sp³-hybridized carbons (Fsp3) is 0.500. The van der Waals surface area contributed by atoms with Gasteiger partial charge in [-0.15, -0.1) is 0 Å². The van der Waals surface area contributed by atoms with E-state index in [1.165, 1.54) is 6.07 Å². The molecule has 0 saturated carbocycles. The maximum Gasteiger partial charge on any atom is 0.416 e. The molecule has 2 N–H and O–H groups in total. The maximum absolute atomic E-state index is 12.4. The van der Waals surface area contributed by atoms with E-state index in [0.29, 0.717) is 5.56 Å². The van der Waals surface area contributed by atoms with Gasteiger partial charge in [-0.2, -0.15) is 13.2 Å².